The van der Waals surface area contributed by atoms with Crippen molar-refractivity contribution in [3.8, 4) is 0 Å². The molecule has 5 nitrogen and oxygen atoms in total. The number of carbonyl (C=O) groups excluding carboxylic acids is 2. The fraction of sp³-hybridized carbons (Fsp3) is 0.273. The number of ether oxygens (including phenoxy) is 2. The van der Waals surface area contributed by atoms with Crippen LogP contribution in [0.2, 0.25) is 0 Å². The van der Waals surface area contributed by atoms with Crippen molar-refractivity contribution >= 4 is 11.9 Å². The van der Waals surface area contributed by atoms with Gasteiger partial charge < -0.3 is 14.6 Å². The lowest BCUT2D eigenvalue weighted by Crippen LogP contribution is -2.12. The molecule has 0 saturated heterocycles. The molecule has 0 heterocycles. The summed E-state index contributed by atoms with van der Waals surface area (Å²) < 4.78 is 9.09. The monoisotopic (exact) mass is 224 g/mol. The van der Waals surface area contributed by atoms with Gasteiger partial charge in [-0.1, -0.05) is 6.07 Å². The molecule has 16 heavy (non-hydrogen) atoms. The Hall–Kier alpha value is -1.88. The third-order valence-corrected chi connectivity index (χ3v) is 2.14. The molecule has 0 radical (unpaired) electrons. The number of aliphatic hydroxyl groups is 1. The Labute approximate surface area is 92.6 Å². The first kappa shape index (κ1) is 12.2. The van der Waals surface area contributed by atoms with Crippen molar-refractivity contribution in [2.45, 2.75) is 6.61 Å². The number of aliphatic hydroxyl groups excluding tert-OH is 1. The summed E-state index contributed by atoms with van der Waals surface area (Å²) in [4.78, 5) is 22.7. The molecule has 0 aliphatic rings. The molecule has 86 valence electrons. The summed E-state index contributed by atoms with van der Waals surface area (Å²) in [6.45, 7) is -0.435. The van der Waals surface area contributed by atoms with Gasteiger partial charge in [-0.15, -0.1) is 0 Å². The van der Waals surface area contributed by atoms with Crippen LogP contribution in [0, 0.1) is 0 Å². The first-order valence-corrected chi connectivity index (χ1v) is 4.55. The molecule has 1 N–H and O–H groups in total. The molecule has 0 amide bonds. The standard InChI is InChI=1S/C11H12O5/c1-15-10(13)7-4-3-5-8(9(7)6-12)11(14)16-2/h3-5,12H,6H2,1-2H3. The molecule has 0 atom stereocenters. The van der Waals surface area contributed by atoms with Crippen molar-refractivity contribution in [1.29, 1.82) is 0 Å². The largest absolute Gasteiger partial charge is 0.465 e. The smallest absolute Gasteiger partial charge is 0.338 e. The van der Waals surface area contributed by atoms with Crippen LogP contribution in [0.15, 0.2) is 18.2 Å². The minimum absolute atomic E-state index is 0.160. The fourth-order valence-electron chi connectivity index (χ4n) is 1.36. The molecule has 0 aromatic heterocycles. The molecule has 5 heteroatoms. The van der Waals surface area contributed by atoms with E-state index in [9.17, 15) is 14.7 Å². The first-order valence-electron chi connectivity index (χ1n) is 4.55. The second kappa shape index (κ2) is 5.27. The zero-order chi connectivity index (χ0) is 12.1. The summed E-state index contributed by atoms with van der Waals surface area (Å²) in [6.07, 6.45) is 0. The molecule has 0 fully saturated rings. The molecule has 0 spiro atoms. The Morgan fingerprint density at radius 1 is 1.12 bits per heavy atom. The Morgan fingerprint density at radius 2 is 1.56 bits per heavy atom. The van der Waals surface area contributed by atoms with Crippen LogP contribution in [0.3, 0.4) is 0 Å². The lowest BCUT2D eigenvalue weighted by Gasteiger charge is -2.09. The minimum atomic E-state index is -0.602. The molecule has 0 unspecified atom stereocenters. The van der Waals surface area contributed by atoms with Gasteiger partial charge in [0.2, 0.25) is 0 Å². The average Bonchev–Trinajstić information content (AvgIpc) is 2.35. The number of hydrogen-bond acceptors (Lipinski definition) is 5. The molecule has 1 aromatic carbocycles. The quantitative estimate of drug-likeness (QED) is 0.767. The van der Waals surface area contributed by atoms with Crippen molar-refractivity contribution in [1.82, 2.24) is 0 Å². The maximum atomic E-state index is 11.4. The maximum absolute atomic E-state index is 11.4. The lowest BCUT2D eigenvalue weighted by molar-refractivity contribution is 0.0592. The van der Waals surface area contributed by atoms with Crippen molar-refractivity contribution in [2.24, 2.45) is 0 Å². The molecule has 0 aliphatic heterocycles. The highest BCUT2D eigenvalue weighted by Gasteiger charge is 2.18. The molecular formula is C11H12O5. The van der Waals surface area contributed by atoms with Gasteiger partial charge in [-0.3, -0.25) is 0 Å². The molecule has 0 bridgehead atoms. The van der Waals surface area contributed by atoms with Crippen molar-refractivity contribution in [2.75, 3.05) is 14.2 Å². The van der Waals surface area contributed by atoms with E-state index in [-0.39, 0.29) is 16.7 Å². The van der Waals surface area contributed by atoms with E-state index in [4.69, 9.17) is 0 Å². The molecule has 1 aromatic rings. The topological polar surface area (TPSA) is 72.8 Å². The molecule has 0 saturated carbocycles. The van der Waals surface area contributed by atoms with E-state index < -0.39 is 18.5 Å². The van der Waals surface area contributed by atoms with Crippen LogP contribution < -0.4 is 0 Å². The van der Waals surface area contributed by atoms with Crippen LogP contribution in [-0.2, 0) is 16.1 Å². The normalized spacial score (nSPS) is 9.69. The lowest BCUT2D eigenvalue weighted by atomic mass is 10.0. The van der Waals surface area contributed by atoms with Crippen molar-refractivity contribution in [3.05, 3.63) is 34.9 Å². The minimum Gasteiger partial charge on any atom is -0.465 e. The summed E-state index contributed by atoms with van der Waals surface area (Å²) in [6, 6.07) is 4.48. The second-order valence-corrected chi connectivity index (χ2v) is 2.97. The zero-order valence-corrected chi connectivity index (χ0v) is 9.02. The molecular weight excluding hydrogens is 212 g/mol. The summed E-state index contributed by atoms with van der Waals surface area (Å²) >= 11 is 0. The van der Waals surface area contributed by atoms with Gasteiger partial charge in [0.15, 0.2) is 0 Å². The highest BCUT2D eigenvalue weighted by molar-refractivity contribution is 5.97. The number of esters is 2. The van der Waals surface area contributed by atoms with E-state index >= 15 is 0 Å². The number of hydrogen-bond donors (Lipinski definition) is 1. The van der Waals surface area contributed by atoms with Gasteiger partial charge in [0.25, 0.3) is 0 Å². The first-order chi connectivity index (χ1) is 7.65. The summed E-state index contributed by atoms with van der Waals surface area (Å²) in [5.74, 6) is -1.20. The Morgan fingerprint density at radius 3 is 1.88 bits per heavy atom. The van der Waals surface area contributed by atoms with Gasteiger partial charge in [-0.25, -0.2) is 9.59 Å². The third-order valence-electron chi connectivity index (χ3n) is 2.14. The van der Waals surface area contributed by atoms with Gasteiger partial charge in [0, 0.05) is 5.56 Å². The Bertz CT molecular complexity index is 377. The van der Waals surface area contributed by atoms with E-state index in [1.165, 1.54) is 32.4 Å². The third kappa shape index (κ3) is 2.20. The number of carbonyl (C=O) groups is 2. The van der Waals surface area contributed by atoms with Crippen LogP contribution >= 0.6 is 0 Å². The van der Waals surface area contributed by atoms with Gasteiger partial charge in [0.1, 0.15) is 0 Å². The summed E-state index contributed by atoms with van der Waals surface area (Å²) in [7, 11) is 2.46. The highest BCUT2D eigenvalue weighted by atomic mass is 16.5. The van der Waals surface area contributed by atoms with E-state index in [2.05, 4.69) is 9.47 Å². The maximum Gasteiger partial charge on any atom is 0.338 e. The van der Waals surface area contributed by atoms with Gasteiger partial charge in [-0.05, 0) is 12.1 Å². The average molecular weight is 224 g/mol. The van der Waals surface area contributed by atoms with Crippen LogP contribution in [0.5, 0.6) is 0 Å². The zero-order valence-electron chi connectivity index (χ0n) is 9.02. The number of rotatable bonds is 3. The van der Waals surface area contributed by atoms with E-state index in [0.717, 1.165) is 0 Å². The van der Waals surface area contributed by atoms with Gasteiger partial charge in [0.05, 0.1) is 32.0 Å². The van der Waals surface area contributed by atoms with E-state index in [1.54, 1.807) is 0 Å². The fourth-order valence-corrected chi connectivity index (χ4v) is 1.36. The number of benzene rings is 1. The number of methoxy groups -OCH3 is 2. The van der Waals surface area contributed by atoms with Crippen molar-refractivity contribution < 1.29 is 24.2 Å². The summed E-state index contributed by atoms with van der Waals surface area (Å²) in [5.41, 5.74) is 0.530. The summed E-state index contributed by atoms with van der Waals surface area (Å²) in [5, 5.41) is 9.17. The van der Waals surface area contributed by atoms with Crippen LogP contribution in [-0.4, -0.2) is 31.3 Å². The molecule has 0 aliphatic carbocycles. The van der Waals surface area contributed by atoms with Crippen LogP contribution in [0.25, 0.3) is 0 Å². The van der Waals surface area contributed by atoms with E-state index in [0.29, 0.717) is 0 Å². The highest BCUT2D eigenvalue weighted by Crippen LogP contribution is 2.17. The SMILES string of the molecule is COC(=O)c1cccc(C(=O)OC)c1CO. The predicted molar refractivity (Wildman–Crippen MR) is 55.0 cm³/mol. The van der Waals surface area contributed by atoms with Crippen LogP contribution in [0.4, 0.5) is 0 Å². The van der Waals surface area contributed by atoms with E-state index in [1.807, 2.05) is 0 Å². The van der Waals surface area contributed by atoms with Crippen molar-refractivity contribution in [3.63, 3.8) is 0 Å². The van der Waals surface area contributed by atoms with Gasteiger partial charge >= 0.3 is 11.9 Å². The van der Waals surface area contributed by atoms with Crippen LogP contribution in [0.1, 0.15) is 26.3 Å². The molecule has 1 rings (SSSR count). The predicted octanol–water partition coefficient (Wildman–Crippen LogP) is 0.752. The second-order valence-electron chi connectivity index (χ2n) is 2.97. The Balaban J connectivity index is 3.31. The Kier molecular flexibility index (Phi) is 4.02. The van der Waals surface area contributed by atoms with Gasteiger partial charge in [-0.2, -0.15) is 0 Å².